The molecule has 1 N–H and O–H groups in total. The van der Waals surface area contributed by atoms with E-state index < -0.39 is 28.5 Å². The third-order valence-electron chi connectivity index (χ3n) is 6.78. The van der Waals surface area contributed by atoms with Crippen LogP contribution in [0.15, 0.2) is 42.5 Å². The highest BCUT2D eigenvalue weighted by molar-refractivity contribution is 7.92. The summed E-state index contributed by atoms with van der Waals surface area (Å²) in [5, 5.41) is 3.10. The number of hydrogen-bond donors (Lipinski definition) is 1. The minimum atomic E-state index is -3.77. The van der Waals surface area contributed by atoms with E-state index in [1.54, 1.807) is 32.2 Å². The van der Waals surface area contributed by atoms with Gasteiger partial charge in [-0.1, -0.05) is 37.5 Å². The number of rotatable bonds is 10. The molecule has 0 bridgehead atoms. The topological polar surface area (TPSA) is 96.0 Å². The molecule has 1 unspecified atom stereocenters. The molecule has 1 atom stereocenters. The molecule has 3 rings (SSSR count). The molecule has 0 radical (unpaired) electrons. The molecule has 1 fully saturated rings. The Kier molecular flexibility index (Phi) is 9.59. The highest BCUT2D eigenvalue weighted by atomic mass is 32.2. The lowest BCUT2D eigenvalue weighted by Gasteiger charge is -2.33. The minimum absolute atomic E-state index is 0.0975. The molecule has 2 aromatic rings. The highest BCUT2D eigenvalue weighted by Gasteiger charge is 2.31. The van der Waals surface area contributed by atoms with Crippen molar-refractivity contribution in [2.45, 2.75) is 71.5 Å². The SMILES string of the molecule is COc1cccc(CN(C(=O)CN(c2cc(C)cc(C)c2)S(C)(=O)=O)C(C)C(=O)NC2CCCCC2)c1. The monoisotopic (exact) mass is 529 g/mol. The average Bonchev–Trinajstić information content (AvgIpc) is 2.84. The largest absolute Gasteiger partial charge is 0.497 e. The van der Waals surface area contributed by atoms with E-state index in [1.807, 2.05) is 38.1 Å². The molecule has 0 spiro atoms. The van der Waals surface area contributed by atoms with Gasteiger partial charge in [-0.15, -0.1) is 0 Å². The van der Waals surface area contributed by atoms with Gasteiger partial charge in [0, 0.05) is 12.6 Å². The zero-order valence-electron chi connectivity index (χ0n) is 22.5. The molecular weight excluding hydrogens is 490 g/mol. The van der Waals surface area contributed by atoms with Gasteiger partial charge < -0.3 is 15.0 Å². The Morgan fingerprint density at radius 2 is 1.70 bits per heavy atom. The van der Waals surface area contributed by atoms with Crippen LogP contribution in [0.25, 0.3) is 0 Å². The fraction of sp³-hybridized carbons (Fsp3) is 0.500. The van der Waals surface area contributed by atoms with Crippen LogP contribution in [-0.4, -0.2) is 57.1 Å². The van der Waals surface area contributed by atoms with Crippen molar-refractivity contribution in [1.82, 2.24) is 10.2 Å². The average molecular weight is 530 g/mol. The number of methoxy groups -OCH3 is 1. The maximum absolute atomic E-state index is 13.7. The van der Waals surface area contributed by atoms with Crippen molar-refractivity contribution in [3.63, 3.8) is 0 Å². The van der Waals surface area contributed by atoms with Gasteiger partial charge in [0.15, 0.2) is 0 Å². The summed E-state index contributed by atoms with van der Waals surface area (Å²) in [5.41, 5.74) is 2.99. The molecule has 0 saturated heterocycles. The molecule has 1 aliphatic carbocycles. The van der Waals surface area contributed by atoms with Crippen LogP contribution in [0.5, 0.6) is 5.75 Å². The third kappa shape index (κ3) is 7.95. The molecule has 202 valence electrons. The predicted molar refractivity (Wildman–Crippen MR) is 146 cm³/mol. The number of nitrogens with one attached hydrogen (secondary N) is 1. The Bertz CT molecular complexity index is 1190. The van der Waals surface area contributed by atoms with Crippen LogP contribution in [0.4, 0.5) is 5.69 Å². The molecule has 0 heterocycles. The van der Waals surface area contributed by atoms with E-state index in [0.717, 1.165) is 52.9 Å². The van der Waals surface area contributed by atoms with Gasteiger partial charge >= 0.3 is 0 Å². The van der Waals surface area contributed by atoms with Crippen LogP contribution < -0.4 is 14.4 Å². The molecule has 0 aromatic heterocycles. The van der Waals surface area contributed by atoms with Gasteiger partial charge in [-0.3, -0.25) is 13.9 Å². The minimum Gasteiger partial charge on any atom is -0.497 e. The molecule has 2 aromatic carbocycles. The zero-order chi connectivity index (χ0) is 27.2. The van der Waals surface area contributed by atoms with E-state index >= 15 is 0 Å². The number of carbonyl (C=O) groups excluding carboxylic acids is 2. The number of nitrogens with zero attached hydrogens (tertiary/aromatic N) is 2. The van der Waals surface area contributed by atoms with Crippen LogP contribution in [0.2, 0.25) is 0 Å². The Morgan fingerprint density at radius 1 is 1.05 bits per heavy atom. The van der Waals surface area contributed by atoms with E-state index in [4.69, 9.17) is 4.74 Å². The van der Waals surface area contributed by atoms with Crippen LogP contribution in [0, 0.1) is 13.8 Å². The Labute approximate surface area is 221 Å². The fourth-order valence-corrected chi connectivity index (χ4v) is 5.66. The first-order valence-electron chi connectivity index (χ1n) is 12.8. The molecule has 9 heteroatoms. The summed E-state index contributed by atoms with van der Waals surface area (Å²) >= 11 is 0. The van der Waals surface area contributed by atoms with Crippen molar-refractivity contribution in [1.29, 1.82) is 0 Å². The second kappa shape index (κ2) is 12.4. The first-order chi connectivity index (χ1) is 17.5. The van der Waals surface area contributed by atoms with Gasteiger partial charge in [-0.2, -0.15) is 0 Å². The van der Waals surface area contributed by atoms with Gasteiger partial charge in [-0.25, -0.2) is 8.42 Å². The molecule has 8 nitrogen and oxygen atoms in total. The summed E-state index contributed by atoms with van der Waals surface area (Å²) in [5.74, 6) is -0.0589. The van der Waals surface area contributed by atoms with Crippen molar-refractivity contribution in [2.75, 3.05) is 24.2 Å². The van der Waals surface area contributed by atoms with Crippen molar-refractivity contribution in [2.24, 2.45) is 0 Å². The number of amides is 2. The van der Waals surface area contributed by atoms with E-state index in [0.29, 0.717) is 11.4 Å². The van der Waals surface area contributed by atoms with Crippen molar-refractivity contribution >= 4 is 27.5 Å². The molecule has 37 heavy (non-hydrogen) atoms. The van der Waals surface area contributed by atoms with Crippen molar-refractivity contribution < 1.29 is 22.7 Å². The molecular formula is C28H39N3O5S. The summed E-state index contributed by atoms with van der Waals surface area (Å²) in [6.45, 7) is 5.18. The van der Waals surface area contributed by atoms with Gasteiger partial charge in [0.1, 0.15) is 18.3 Å². The summed E-state index contributed by atoms with van der Waals surface area (Å²) in [6.07, 6.45) is 6.26. The van der Waals surface area contributed by atoms with Crippen molar-refractivity contribution in [3.05, 3.63) is 59.2 Å². The second-order valence-electron chi connectivity index (χ2n) is 10.0. The Balaban J connectivity index is 1.90. The summed E-state index contributed by atoms with van der Waals surface area (Å²) < 4.78 is 32.0. The molecule has 0 aliphatic heterocycles. The lowest BCUT2D eigenvalue weighted by Crippen LogP contribution is -2.53. The molecule has 1 aliphatic rings. The standard InChI is InChI=1S/C28H39N3O5S/c1-20-14-21(2)16-25(15-20)31(37(5,34)35)19-27(32)30(18-23-10-9-13-26(17-23)36-4)22(3)28(33)29-24-11-7-6-8-12-24/h9-10,13-17,22,24H,6-8,11-12,18-19H2,1-5H3,(H,29,33). The zero-order valence-corrected chi connectivity index (χ0v) is 23.3. The lowest BCUT2D eigenvalue weighted by atomic mass is 9.95. The number of anilines is 1. The van der Waals surface area contributed by atoms with Gasteiger partial charge in [0.2, 0.25) is 21.8 Å². The van der Waals surface area contributed by atoms with Gasteiger partial charge in [-0.05, 0) is 74.6 Å². The second-order valence-corrected chi connectivity index (χ2v) is 11.9. The predicted octanol–water partition coefficient (Wildman–Crippen LogP) is 3.94. The maximum atomic E-state index is 13.7. The first-order valence-corrected chi connectivity index (χ1v) is 14.6. The maximum Gasteiger partial charge on any atom is 0.244 e. The number of aryl methyl sites for hydroxylation is 2. The van der Waals surface area contributed by atoms with Crippen LogP contribution in [-0.2, 0) is 26.2 Å². The number of carbonyl (C=O) groups is 2. The van der Waals surface area contributed by atoms with E-state index in [1.165, 1.54) is 11.3 Å². The number of hydrogen-bond acceptors (Lipinski definition) is 5. The molecule has 2 amide bonds. The Hall–Kier alpha value is -3.07. The van der Waals surface area contributed by atoms with Crippen molar-refractivity contribution in [3.8, 4) is 5.75 Å². The Morgan fingerprint density at radius 3 is 2.30 bits per heavy atom. The smallest absolute Gasteiger partial charge is 0.244 e. The third-order valence-corrected chi connectivity index (χ3v) is 7.92. The summed E-state index contributed by atoms with van der Waals surface area (Å²) in [4.78, 5) is 28.5. The van der Waals surface area contributed by atoms with Crippen LogP contribution in [0.1, 0.15) is 55.7 Å². The highest BCUT2D eigenvalue weighted by Crippen LogP contribution is 2.23. The normalized spacial score (nSPS) is 15.1. The number of sulfonamides is 1. The van der Waals surface area contributed by atoms with Crippen LogP contribution in [0.3, 0.4) is 0 Å². The summed E-state index contributed by atoms with van der Waals surface area (Å²) in [7, 11) is -2.20. The van der Waals surface area contributed by atoms with E-state index in [9.17, 15) is 18.0 Å². The summed E-state index contributed by atoms with van der Waals surface area (Å²) in [6, 6.07) is 12.0. The quantitative estimate of drug-likeness (QED) is 0.503. The van der Waals surface area contributed by atoms with E-state index in [2.05, 4.69) is 5.32 Å². The first kappa shape index (κ1) is 28.5. The van der Waals surface area contributed by atoms with E-state index in [-0.39, 0.29) is 18.5 Å². The van der Waals surface area contributed by atoms with Gasteiger partial charge in [0.25, 0.3) is 0 Å². The fourth-order valence-electron chi connectivity index (χ4n) is 4.83. The lowest BCUT2D eigenvalue weighted by molar-refractivity contribution is -0.139. The van der Waals surface area contributed by atoms with Crippen LogP contribution >= 0.6 is 0 Å². The number of ether oxygens (including phenoxy) is 1. The molecule has 1 saturated carbocycles. The number of benzene rings is 2. The van der Waals surface area contributed by atoms with Gasteiger partial charge in [0.05, 0.1) is 19.1 Å².